The first-order chi connectivity index (χ1) is 27.3. The number of urea groups is 1. The van der Waals surface area contributed by atoms with Crippen LogP contribution in [0.15, 0.2) is 128 Å². The summed E-state index contributed by atoms with van der Waals surface area (Å²) in [7, 11) is -14.4. The van der Waals surface area contributed by atoms with Crippen molar-refractivity contribution in [2.45, 2.75) is 4.90 Å². The van der Waals surface area contributed by atoms with E-state index in [2.05, 4.69) is 31.7 Å². The Morgan fingerprint density at radius 3 is 1.46 bits per heavy atom. The number of benzene rings is 5. The van der Waals surface area contributed by atoms with Crippen LogP contribution in [0.3, 0.4) is 0 Å². The normalized spacial score (nSPS) is 15.4. The van der Waals surface area contributed by atoms with Gasteiger partial charge in [-0.3, -0.25) is 34.1 Å². The third-order valence-electron chi connectivity index (χ3n) is 8.61. The zero-order valence-corrected chi connectivity index (χ0v) is 34.6. The summed E-state index contributed by atoms with van der Waals surface area (Å²) in [6, 6.07) is 23.7. The first-order valence-electron chi connectivity index (χ1n) is 16.4. The van der Waals surface area contributed by atoms with Crippen molar-refractivity contribution in [2.24, 2.45) is 10.2 Å². The number of amides is 2. The maximum atomic E-state index is 13.5. The third-order valence-corrected chi connectivity index (χ3v) is 11.2. The molecule has 2 aliphatic rings. The van der Waals surface area contributed by atoms with Gasteiger partial charge < -0.3 is 10.6 Å². The van der Waals surface area contributed by atoms with Crippen molar-refractivity contribution in [3.63, 3.8) is 0 Å². The minimum absolute atomic E-state index is 0. The minimum Gasteiger partial charge on any atom is -0.308 e. The summed E-state index contributed by atoms with van der Waals surface area (Å²) < 4.78 is 102. The number of Topliss-reactive ketones (excluding diaryl/α,β-unsaturated/α-hetero) is 2. The SMILES string of the molecule is O=C(Nc1ccc2c(c1)C=C(S(=O)(=O)O)/C(=N\Nc1ccc3cc(S(=O)(=O)O)ccc3c1)C2=O)Nc1ccc2c(c1)C=C(S(=O)(=O)O)/C(=N/Nc1ccccc1)C2=O.[Na+]. The largest absolute Gasteiger partial charge is 1.00 e. The molecule has 18 nitrogen and oxygen atoms in total. The molecule has 294 valence electrons. The van der Waals surface area contributed by atoms with E-state index in [4.69, 9.17) is 0 Å². The van der Waals surface area contributed by atoms with E-state index in [1.165, 1.54) is 72.8 Å². The predicted octanol–water partition coefficient (Wildman–Crippen LogP) is 2.52. The van der Waals surface area contributed by atoms with Gasteiger partial charge in [-0.25, -0.2) is 4.79 Å². The van der Waals surface area contributed by atoms with E-state index >= 15 is 0 Å². The molecule has 0 unspecified atom stereocenters. The Morgan fingerprint density at radius 1 is 0.508 bits per heavy atom. The van der Waals surface area contributed by atoms with E-state index in [0.717, 1.165) is 12.2 Å². The van der Waals surface area contributed by atoms with Gasteiger partial charge in [-0.2, -0.15) is 35.5 Å². The summed E-state index contributed by atoms with van der Waals surface area (Å²) in [5, 5.41) is 13.9. The van der Waals surface area contributed by atoms with Crippen LogP contribution in [0.4, 0.5) is 27.5 Å². The number of fused-ring (bicyclic) bond motifs is 3. The summed E-state index contributed by atoms with van der Waals surface area (Å²) in [6.45, 7) is 0. The van der Waals surface area contributed by atoms with Crippen LogP contribution in [-0.4, -0.2) is 67.9 Å². The van der Waals surface area contributed by atoms with Gasteiger partial charge >= 0.3 is 35.6 Å². The van der Waals surface area contributed by atoms with Gasteiger partial charge in [0.1, 0.15) is 9.81 Å². The molecule has 59 heavy (non-hydrogen) atoms. The van der Waals surface area contributed by atoms with Gasteiger partial charge in [0.2, 0.25) is 11.6 Å². The fourth-order valence-electron chi connectivity index (χ4n) is 5.94. The zero-order valence-electron chi connectivity index (χ0n) is 30.1. The van der Waals surface area contributed by atoms with Gasteiger partial charge in [0, 0.05) is 22.5 Å². The number of carbonyl (C=O) groups excluding carboxylic acids is 3. The molecule has 5 aromatic carbocycles. The Bertz CT molecular complexity index is 3100. The molecule has 0 fully saturated rings. The van der Waals surface area contributed by atoms with Crippen molar-refractivity contribution in [3.05, 3.63) is 135 Å². The molecule has 0 heterocycles. The van der Waals surface area contributed by atoms with Crippen LogP contribution < -0.4 is 51.0 Å². The molecule has 7 N–H and O–H groups in total. The number of hydrogen-bond donors (Lipinski definition) is 7. The van der Waals surface area contributed by atoms with E-state index < -0.39 is 69.2 Å². The maximum Gasteiger partial charge on any atom is 1.00 e. The van der Waals surface area contributed by atoms with Crippen LogP contribution in [0.2, 0.25) is 0 Å². The summed E-state index contributed by atoms with van der Waals surface area (Å²) in [6.07, 6.45) is 2.01. The standard InChI is InChI=1S/C37H26N6O12S3.Na/c44-35-29-12-9-25(15-22(29)18-31(57(50,51)52)33(35)42-40-24-4-2-1-3-5-24)38-37(46)39-26-10-13-30-23(16-26)19-32(58(53,54)55)34(36(30)45)43-41-27-8-6-21-17-28(56(47,48)49)11-7-20(21)14-27;/h1-19,40-41H,(H2,38,39,46)(H,47,48,49)(H,50,51,52)(H,53,54,55);/q;+1/b42-33-,43-34+;. The first-order valence-corrected chi connectivity index (χ1v) is 20.8. The Labute approximate surface area is 357 Å². The molecule has 0 aliphatic heterocycles. The van der Waals surface area contributed by atoms with Crippen LogP contribution in [0, 0.1) is 0 Å². The second-order valence-corrected chi connectivity index (χ2v) is 16.7. The molecule has 0 saturated carbocycles. The molecule has 0 radical (unpaired) electrons. The van der Waals surface area contributed by atoms with Crippen molar-refractivity contribution in [3.8, 4) is 0 Å². The van der Waals surface area contributed by atoms with E-state index in [0.29, 0.717) is 16.5 Å². The quantitative estimate of drug-likeness (QED) is 0.0637. The summed E-state index contributed by atoms with van der Waals surface area (Å²) >= 11 is 0. The van der Waals surface area contributed by atoms with Gasteiger partial charge in [0.25, 0.3) is 30.4 Å². The topological polar surface area (TPSA) is 287 Å². The number of nitrogens with zero attached hydrogens (tertiary/aromatic N) is 2. The van der Waals surface area contributed by atoms with E-state index in [1.807, 2.05) is 0 Å². The van der Waals surface area contributed by atoms with Crippen LogP contribution in [0.1, 0.15) is 31.8 Å². The number of para-hydroxylation sites is 1. The van der Waals surface area contributed by atoms with Crippen LogP contribution >= 0.6 is 0 Å². The fourth-order valence-corrected chi connectivity index (χ4v) is 7.77. The Kier molecular flexibility index (Phi) is 11.9. The molecule has 7 rings (SSSR count). The molecule has 0 spiro atoms. The molecule has 0 bridgehead atoms. The molecular formula is C37H26N6NaO12S3+. The van der Waals surface area contributed by atoms with E-state index in [-0.39, 0.29) is 73.8 Å². The van der Waals surface area contributed by atoms with Crippen LogP contribution in [0.25, 0.3) is 22.9 Å². The van der Waals surface area contributed by atoms with Gasteiger partial charge in [0.05, 0.1) is 16.3 Å². The van der Waals surface area contributed by atoms with Crippen molar-refractivity contribution in [1.82, 2.24) is 0 Å². The van der Waals surface area contributed by atoms with Gasteiger partial charge in [-0.05, 0) is 107 Å². The Balaban J connectivity index is 0.00000585. The number of hydrogen-bond acceptors (Lipinski definition) is 13. The average molecular weight is 866 g/mol. The molecular weight excluding hydrogens is 840 g/mol. The number of ketones is 2. The van der Waals surface area contributed by atoms with Crippen LogP contribution in [-0.2, 0) is 30.4 Å². The van der Waals surface area contributed by atoms with Crippen molar-refractivity contribution in [1.29, 1.82) is 0 Å². The smallest absolute Gasteiger partial charge is 0.308 e. The number of rotatable bonds is 9. The van der Waals surface area contributed by atoms with Crippen molar-refractivity contribution in [2.75, 3.05) is 21.5 Å². The van der Waals surface area contributed by atoms with Gasteiger partial charge in [-0.15, -0.1) is 0 Å². The van der Waals surface area contributed by atoms with Crippen molar-refractivity contribution >= 4 is 105 Å². The molecule has 0 atom stereocenters. The average Bonchev–Trinajstić information content (AvgIpc) is 3.16. The minimum atomic E-state index is -5.03. The number of anilines is 4. The molecule has 5 aromatic rings. The Morgan fingerprint density at radius 2 is 0.966 bits per heavy atom. The van der Waals surface area contributed by atoms with Crippen molar-refractivity contribution < 1.29 is 82.9 Å². The second-order valence-electron chi connectivity index (χ2n) is 12.5. The van der Waals surface area contributed by atoms with Gasteiger partial charge in [-0.1, -0.05) is 30.3 Å². The first kappa shape index (κ1) is 42.7. The summed E-state index contributed by atoms with van der Waals surface area (Å²) in [5.41, 5.74) is 4.87. The van der Waals surface area contributed by atoms with E-state index in [9.17, 15) is 53.3 Å². The molecule has 2 aliphatic carbocycles. The number of allylic oxidation sites excluding steroid dienone is 2. The molecule has 22 heteroatoms. The predicted molar refractivity (Wildman–Crippen MR) is 216 cm³/mol. The number of nitrogens with one attached hydrogen (secondary N) is 4. The van der Waals surface area contributed by atoms with Gasteiger partial charge in [0.15, 0.2) is 11.4 Å². The zero-order chi connectivity index (χ0) is 41.6. The monoisotopic (exact) mass is 865 g/mol. The van der Waals surface area contributed by atoms with E-state index in [1.54, 1.807) is 30.3 Å². The summed E-state index contributed by atoms with van der Waals surface area (Å²) in [4.78, 5) is 37.9. The molecule has 0 saturated heterocycles. The number of hydrazone groups is 2. The van der Waals surface area contributed by atoms with Crippen LogP contribution in [0.5, 0.6) is 0 Å². The Hall–Kier alpha value is -5.88. The molecule has 2 amide bonds. The second kappa shape index (κ2) is 16.4. The summed E-state index contributed by atoms with van der Waals surface area (Å²) in [5.74, 6) is -1.71. The molecule has 0 aromatic heterocycles. The third kappa shape index (κ3) is 9.38. The number of carbonyl (C=O) groups is 3. The fraction of sp³-hybridized carbons (Fsp3) is 0. The maximum absolute atomic E-state index is 13.5.